The van der Waals surface area contributed by atoms with Crippen LogP contribution in [0.3, 0.4) is 0 Å². The van der Waals surface area contributed by atoms with Gasteiger partial charge >= 0.3 is 0 Å². The zero-order chi connectivity index (χ0) is 8.55. The van der Waals surface area contributed by atoms with Crippen LogP contribution in [-0.2, 0) is 0 Å². The molecule has 1 heterocycles. The van der Waals surface area contributed by atoms with Gasteiger partial charge in [-0.15, -0.1) is 0 Å². The van der Waals surface area contributed by atoms with Crippen LogP contribution >= 0.6 is 11.3 Å². The molecule has 0 aliphatic carbocycles. The SMILES string of the molecule is Nc1nc(=O)c2ccccc2s1. The van der Waals surface area contributed by atoms with Crippen molar-refractivity contribution in [2.45, 2.75) is 0 Å². The van der Waals surface area contributed by atoms with Crippen molar-refractivity contribution in [3.8, 4) is 0 Å². The molecular weight excluding hydrogens is 172 g/mol. The molecule has 12 heavy (non-hydrogen) atoms. The Balaban J connectivity index is 2.99. The molecule has 0 radical (unpaired) electrons. The highest BCUT2D eigenvalue weighted by Gasteiger charge is 1.99. The number of benzene rings is 1. The molecule has 0 saturated heterocycles. The van der Waals surface area contributed by atoms with Gasteiger partial charge in [-0.05, 0) is 12.1 Å². The number of nitrogens with zero attached hydrogens (tertiary/aromatic N) is 1. The summed E-state index contributed by atoms with van der Waals surface area (Å²) in [5, 5.41) is 0.954. The largest absolute Gasteiger partial charge is 0.375 e. The first kappa shape index (κ1) is 7.24. The standard InChI is InChI=1S/C8H6N2OS/c9-8-10-7(11)5-3-1-2-4-6(5)12-8/h1-4H,(H2,9,10,11). The van der Waals surface area contributed by atoms with Gasteiger partial charge in [0.1, 0.15) is 0 Å². The lowest BCUT2D eigenvalue weighted by Gasteiger charge is -1.94. The van der Waals surface area contributed by atoms with Crippen LogP contribution in [0.5, 0.6) is 0 Å². The number of nitrogen functional groups attached to an aromatic ring is 1. The van der Waals surface area contributed by atoms with Crippen molar-refractivity contribution < 1.29 is 0 Å². The molecule has 2 aromatic rings. The number of anilines is 1. The van der Waals surface area contributed by atoms with Gasteiger partial charge in [-0.1, -0.05) is 23.5 Å². The molecule has 60 valence electrons. The van der Waals surface area contributed by atoms with Crippen LogP contribution in [0.1, 0.15) is 0 Å². The molecule has 4 heteroatoms. The highest BCUT2D eigenvalue weighted by Crippen LogP contribution is 2.17. The average molecular weight is 178 g/mol. The fraction of sp³-hybridized carbons (Fsp3) is 0. The van der Waals surface area contributed by atoms with Gasteiger partial charge < -0.3 is 5.73 Å². The van der Waals surface area contributed by atoms with Gasteiger partial charge in [0, 0.05) is 4.70 Å². The lowest BCUT2D eigenvalue weighted by Crippen LogP contribution is -2.06. The van der Waals surface area contributed by atoms with Crippen LogP contribution in [0.2, 0.25) is 0 Å². The lowest BCUT2D eigenvalue weighted by atomic mass is 10.3. The molecule has 3 nitrogen and oxygen atoms in total. The van der Waals surface area contributed by atoms with E-state index >= 15 is 0 Å². The molecule has 0 fully saturated rings. The minimum absolute atomic E-state index is 0.248. The molecule has 0 saturated carbocycles. The Morgan fingerprint density at radius 1 is 1.33 bits per heavy atom. The molecule has 0 spiro atoms. The van der Waals surface area contributed by atoms with Gasteiger partial charge in [0.25, 0.3) is 5.56 Å². The molecule has 0 amide bonds. The number of aromatic nitrogens is 1. The van der Waals surface area contributed by atoms with E-state index in [0.29, 0.717) is 10.5 Å². The van der Waals surface area contributed by atoms with E-state index in [4.69, 9.17) is 5.73 Å². The topological polar surface area (TPSA) is 56.0 Å². The Morgan fingerprint density at radius 2 is 2.08 bits per heavy atom. The molecule has 0 aliphatic rings. The summed E-state index contributed by atoms with van der Waals surface area (Å²) in [5.41, 5.74) is 5.18. The number of nitrogens with two attached hydrogens (primary N) is 1. The fourth-order valence-electron chi connectivity index (χ4n) is 1.03. The van der Waals surface area contributed by atoms with Crippen molar-refractivity contribution in [3.05, 3.63) is 34.6 Å². The zero-order valence-corrected chi connectivity index (χ0v) is 6.97. The van der Waals surface area contributed by atoms with E-state index in [1.165, 1.54) is 11.3 Å². The molecule has 0 bridgehead atoms. The van der Waals surface area contributed by atoms with Crippen LogP contribution in [0.25, 0.3) is 10.1 Å². The smallest absolute Gasteiger partial charge is 0.281 e. The molecule has 0 atom stereocenters. The number of fused-ring (bicyclic) bond motifs is 1. The Morgan fingerprint density at radius 3 is 2.92 bits per heavy atom. The van der Waals surface area contributed by atoms with Crippen LogP contribution in [0.4, 0.5) is 5.13 Å². The Hall–Kier alpha value is -1.42. The van der Waals surface area contributed by atoms with Crippen LogP contribution in [-0.4, -0.2) is 4.98 Å². The minimum Gasteiger partial charge on any atom is -0.375 e. The van der Waals surface area contributed by atoms with E-state index in [2.05, 4.69) is 4.98 Å². The molecule has 1 aromatic heterocycles. The summed E-state index contributed by atoms with van der Waals surface area (Å²) < 4.78 is 0.884. The van der Waals surface area contributed by atoms with Gasteiger partial charge in [-0.25, -0.2) is 0 Å². The second kappa shape index (κ2) is 2.57. The molecule has 0 aliphatic heterocycles. The summed E-state index contributed by atoms with van der Waals surface area (Å²) in [5.74, 6) is 0. The third-order valence-corrected chi connectivity index (χ3v) is 2.42. The van der Waals surface area contributed by atoms with Crippen molar-refractivity contribution in [3.63, 3.8) is 0 Å². The van der Waals surface area contributed by atoms with Gasteiger partial charge in [0.15, 0.2) is 5.13 Å². The maximum absolute atomic E-state index is 11.2. The van der Waals surface area contributed by atoms with Gasteiger partial charge in [-0.2, -0.15) is 4.98 Å². The summed E-state index contributed by atoms with van der Waals surface area (Å²) in [4.78, 5) is 14.9. The van der Waals surface area contributed by atoms with E-state index < -0.39 is 0 Å². The van der Waals surface area contributed by atoms with Crippen molar-refractivity contribution in [1.82, 2.24) is 4.98 Å². The zero-order valence-electron chi connectivity index (χ0n) is 6.15. The predicted octanol–water partition coefficient (Wildman–Crippen LogP) is 1.24. The van der Waals surface area contributed by atoms with Crippen LogP contribution in [0, 0.1) is 0 Å². The maximum Gasteiger partial charge on any atom is 0.281 e. The van der Waals surface area contributed by atoms with Gasteiger partial charge in [0.05, 0.1) is 5.39 Å². The third-order valence-electron chi connectivity index (χ3n) is 1.54. The van der Waals surface area contributed by atoms with Crippen molar-refractivity contribution in [2.24, 2.45) is 0 Å². The summed E-state index contributed by atoms with van der Waals surface area (Å²) in [6.07, 6.45) is 0. The first-order valence-corrected chi connectivity index (χ1v) is 4.24. The van der Waals surface area contributed by atoms with E-state index in [9.17, 15) is 4.79 Å². The molecule has 2 N–H and O–H groups in total. The highest BCUT2D eigenvalue weighted by atomic mass is 32.1. The van der Waals surface area contributed by atoms with Crippen LogP contribution in [0.15, 0.2) is 29.1 Å². The minimum atomic E-state index is -0.248. The number of hydrogen-bond donors (Lipinski definition) is 1. The maximum atomic E-state index is 11.2. The van der Waals surface area contributed by atoms with E-state index in [-0.39, 0.29) is 5.56 Å². The molecular formula is C8H6N2OS. The predicted molar refractivity (Wildman–Crippen MR) is 50.3 cm³/mol. The fourth-order valence-corrected chi connectivity index (χ4v) is 1.79. The third kappa shape index (κ3) is 1.06. The van der Waals surface area contributed by atoms with Gasteiger partial charge in [-0.3, -0.25) is 4.79 Å². The van der Waals surface area contributed by atoms with Gasteiger partial charge in [0.2, 0.25) is 0 Å². The quantitative estimate of drug-likeness (QED) is 0.660. The molecule has 0 unspecified atom stereocenters. The van der Waals surface area contributed by atoms with Crippen molar-refractivity contribution in [2.75, 3.05) is 5.73 Å². The second-order valence-corrected chi connectivity index (χ2v) is 3.42. The normalized spacial score (nSPS) is 10.3. The van der Waals surface area contributed by atoms with Crippen molar-refractivity contribution in [1.29, 1.82) is 0 Å². The monoisotopic (exact) mass is 178 g/mol. The lowest BCUT2D eigenvalue weighted by molar-refractivity contribution is 1.32. The van der Waals surface area contributed by atoms with E-state index in [1.54, 1.807) is 6.07 Å². The number of rotatable bonds is 0. The highest BCUT2D eigenvalue weighted by molar-refractivity contribution is 7.21. The molecule has 1 aromatic carbocycles. The summed E-state index contributed by atoms with van der Waals surface area (Å²) in [6, 6.07) is 7.30. The first-order valence-electron chi connectivity index (χ1n) is 3.43. The average Bonchev–Trinajstić information content (AvgIpc) is 2.04. The summed E-state index contributed by atoms with van der Waals surface area (Å²) in [6.45, 7) is 0. The number of hydrogen-bond acceptors (Lipinski definition) is 4. The Bertz CT molecular complexity index is 478. The van der Waals surface area contributed by atoms with E-state index in [1.807, 2.05) is 18.2 Å². The van der Waals surface area contributed by atoms with Crippen molar-refractivity contribution >= 4 is 26.6 Å². The van der Waals surface area contributed by atoms with Crippen LogP contribution < -0.4 is 11.3 Å². The Kier molecular flexibility index (Phi) is 1.55. The second-order valence-electron chi connectivity index (χ2n) is 2.35. The summed E-state index contributed by atoms with van der Waals surface area (Å²) >= 11 is 1.32. The molecule has 2 rings (SSSR count). The van der Waals surface area contributed by atoms with E-state index in [0.717, 1.165) is 4.70 Å². The Labute approximate surface area is 72.5 Å². The first-order chi connectivity index (χ1) is 5.77. The summed E-state index contributed by atoms with van der Waals surface area (Å²) in [7, 11) is 0.